The molecule has 1 fully saturated rings. The minimum absolute atomic E-state index is 0.0200. The molecular weight excluding hydrogens is 361 g/mol. The van der Waals surface area contributed by atoms with Crippen LogP contribution in [-0.2, 0) is 0 Å². The minimum atomic E-state index is -0.825. The first-order valence-corrected chi connectivity index (χ1v) is 9.39. The van der Waals surface area contributed by atoms with Crippen LogP contribution in [0.4, 0.5) is 16.0 Å². The first kappa shape index (κ1) is 19.9. The predicted molar refractivity (Wildman–Crippen MR) is 108 cm³/mol. The quantitative estimate of drug-likeness (QED) is 0.870. The van der Waals surface area contributed by atoms with Gasteiger partial charge in [0.25, 0.3) is 11.5 Å². The van der Waals surface area contributed by atoms with Gasteiger partial charge in [0.05, 0.1) is 5.69 Å². The number of hydrogen-bond acceptors (Lipinski definition) is 5. The molecule has 0 saturated carbocycles. The van der Waals surface area contributed by atoms with E-state index in [0.29, 0.717) is 37.7 Å². The molecule has 0 unspecified atom stereocenters. The van der Waals surface area contributed by atoms with Crippen molar-refractivity contribution < 1.29 is 9.18 Å². The van der Waals surface area contributed by atoms with E-state index in [0.717, 1.165) is 5.69 Å². The first-order valence-electron chi connectivity index (χ1n) is 9.39. The van der Waals surface area contributed by atoms with Crippen molar-refractivity contribution in [3.05, 3.63) is 51.7 Å². The number of halogens is 1. The highest BCUT2D eigenvalue weighted by atomic mass is 19.1. The van der Waals surface area contributed by atoms with Crippen LogP contribution < -0.4 is 15.4 Å². The van der Waals surface area contributed by atoms with E-state index in [-0.39, 0.29) is 17.5 Å². The highest BCUT2D eigenvalue weighted by Crippen LogP contribution is 2.19. The predicted octanol–water partition coefficient (Wildman–Crippen LogP) is 2.06. The van der Waals surface area contributed by atoms with Gasteiger partial charge in [0.1, 0.15) is 0 Å². The molecule has 7 nitrogen and oxygen atoms in total. The Morgan fingerprint density at radius 1 is 1.14 bits per heavy atom. The molecule has 1 saturated heterocycles. The number of anilines is 2. The Kier molecular flexibility index (Phi) is 5.67. The van der Waals surface area contributed by atoms with Crippen LogP contribution in [0.3, 0.4) is 0 Å². The number of H-pyrrole nitrogens is 1. The number of hydrogen-bond donors (Lipinski definition) is 1. The molecule has 28 heavy (non-hydrogen) atoms. The molecule has 0 atom stereocenters. The second-order valence-corrected chi connectivity index (χ2v) is 7.46. The summed E-state index contributed by atoms with van der Waals surface area (Å²) in [4.78, 5) is 37.1. The summed E-state index contributed by atoms with van der Waals surface area (Å²) < 4.78 is 14.0. The van der Waals surface area contributed by atoms with E-state index >= 15 is 0 Å². The van der Waals surface area contributed by atoms with Crippen LogP contribution in [0.5, 0.6) is 0 Å². The van der Waals surface area contributed by atoms with E-state index in [1.54, 1.807) is 18.7 Å². The van der Waals surface area contributed by atoms with Gasteiger partial charge in [-0.2, -0.15) is 4.39 Å². The lowest BCUT2D eigenvalue weighted by Crippen LogP contribution is -2.49. The van der Waals surface area contributed by atoms with E-state index in [1.807, 2.05) is 48.2 Å². The standard InChI is InChI=1S/C20H26FN5O2/c1-13(2)17-16(21)18(27)23-20(22-17)26-11-9-25(10-12-26)19(28)14-5-7-15(8-6-14)24(3)4/h5-8,13H,9-12H2,1-4H3,(H,22,23,27). The van der Waals surface area contributed by atoms with E-state index in [2.05, 4.69) is 9.97 Å². The van der Waals surface area contributed by atoms with Gasteiger partial charge in [0.15, 0.2) is 0 Å². The van der Waals surface area contributed by atoms with Gasteiger partial charge >= 0.3 is 0 Å². The Labute approximate surface area is 163 Å². The fourth-order valence-electron chi connectivity index (χ4n) is 3.20. The molecule has 0 aliphatic carbocycles. The number of nitrogens with one attached hydrogen (secondary N) is 1. The third-order valence-corrected chi connectivity index (χ3v) is 4.92. The molecule has 8 heteroatoms. The van der Waals surface area contributed by atoms with E-state index in [9.17, 15) is 14.0 Å². The van der Waals surface area contributed by atoms with Crippen LogP contribution in [0.15, 0.2) is 29.1 Å². The summed E-state index contributed by atoms with van der Waals surface area (Å²) in [6, 6.07) is 7.50. The smallest absolute Gasteiger partial charge is 0.288 e. The maximum atomic E-state index is 14.0. The maximum Gasteiger partial charge on any atom is 0.288 e. The molecule has 1 aromatic heterocycles. The molecule has 1 aliphatic rings. The number of aromatic amines is 1. The second kappa shape index (κ2) is 8.00. The normalized spacial score (nSPS) is 14.5. The average molecular weight is 387 g/mol. The van der Waals surface area contributed by atoms with Crippen molar-refractivity contribution in [2.24, 2.45) is 0 Å². The monoisotopic (exact) mass is 387 g/mol. The highest BCUT2D eigenvalue weighted by Gasteiger charge is 2.25. The topological polar surface area (TPSA) is 72.5 Å². The number of carbonyl (C=O) groups is 1. The Balaban J connectivity index is 1.69. The number of aromatic nitrogens is 2. The molecular formula is C20H26FN5O2. The van der Waals surface area contributed by atoms with Crippen LogP contribution in [0, 0.1) is 5.82 Å². The Bertz CT molecular complexity index is 900. The molecule has 2 aromatic rings. The maximum absolute atomic E-state index is 14.0. The lowest BCUT2D eigenvalue weighted by atomic mass is 10.1. The molecule has 2 heterocycles. The van der Waals surface area contributed by atoms with Crippen LogP contribution >= 0.6 is 0 Å². The number of nitrogens with zero attached hydrogens (tertiary/aromatic N) is 4. The van der Waals surface area contributed by atoms with Crippen LogP contribution in [0.1, 0.15) is 35.8 Å². The Morgan fingerprint density at radius 3 is 2.29 bits per heavy atom. The van der Waals surface area contributed by atoms with Crippen molar-refractivity contribution in [3.8, 4) is 0 Å². The van der Waals surface area contributed by atoms with Crippen molar-refractivity contribution in [3.63, 3.8) is 0 Å². The summed E-state index contributed by atoms with van der Waals surface area (Å²) in [7, 11) is 3.91. The number of benzene rings is 1. The van der Waals surface area contributed by atoms with Crippen molar-refractivity contribution in [1.82, 2.24) is 14.9 Å². The van der Waals surface area contributed by atoms with Gasteiger partial charge in [-0.1, -0.05) is 13.8 Å². The number of amides is 1. The van der Waals surface area contributed by atoms with Crippen molar-refractivity contribution >= 4 is 17.5 Å². The van der Waals surface area contributed by atoms with Gasteiger partial charge in [-0.15, -0.1) is 0 Å². The van der Waals surface area contributed by atoms with Gasteiger partial charge in [0, 0.05) is 51.5 Å². The zero-order valence-corrected chi connectivity index (χ0v) is 16.7. The van der Waals surface area contributed by atoms with Crippen LogP contribution in [0.2, 0.25) is 0 Å². The average Bonchev–Trinajstić information content (AvgIpc) is 2.69. The van der Waals surface area contributed by atoms with Gasteiger partial charge < -0.3 is 14.7 Å². The molecule has 0 radical (unpaired) electrons. The third-order valence-electron chi connectivity index (χ3n) is 4.92. The van der Waals surface area contributed by atoms with Gasteiger partial charge in [-0.05, 0) is 30.2 Å². The van der Waals surface area contributed by atoms with Crippen LogP contribution in [0.25, 0.3) is 0 Å². The van der Waals surface area contributed by atoms with Gasteiger partial charge in [0.2, 0.25) is 11.8 Å². The zero-order chi connectivity index (χ0) is 20.4. The first-order chi connectivity index (χ1) is 13.3. The van der Waals surface area contributed by atoms with Gasteiger partial charge in [-0.3, -0.25) is 14.6 Å². The third kappa shape index (κ3) is 4.00. The number of carbonyl (C=O) groups excluding carboxylic acids is 1. The zero-order valence-electron chi connectivity index (χ0n) is 16.7. The summed E-state index contributed by atoms with van der Waals surface area (Å²) in [6.45, 7) is 5.65. The molecule has 0 bridgehead atoms. The Morgan fingerprint density at radius 2 is 1.75 bits per heavy atom. The second-order valence-electron chi connectivity index (χ2n) is 7.46. The fourth-order valence-corrected chi connectivity index (χ4v) is 3.20. The molecule has 0 spiro atoms. The molecule has 3 rings (SSSR count). The summed E-state index contributed by atoms with van der Waals surface area (Å²) >= 11 is 0. The van der Waals surface area contributed by atoms with Crippen LogP contribution in [-0.4, -0.2) is 61.0 Å². The van der Waals surface area contributed by atoms with E-state index in [1.165, 1.54) is 0 Å². The van der Waals surface area contributed by atoms with Crippen molar-refractivity contribution in [2.75, 3.05) is 50.1 Å². The SMILES string of the molecule is CC(C)c1nc(N2CCN(C(=O)c3ccc(N(C)C)cc3)CC2)[nH]c(=O)c1F. The molecule has 1 aromatic carbocycles. The largest absolute Gasteiger partial charge is 0.378 e. The van der Waals surface area contributed by atoms with Crippen molar-refractivity contribution in [1.29, 1.82) is 0 Å². The van der Waals surface area contributed by atoms with Gasteiger partial charge in [-0.25, -0.2) is 4.98 Å². The van der Waals surface area contributed by atoms with Crippen molar-refractivity contribution in [2.45, 2.75) is 19.8 Å². The lowest BCUT2D eigenvalue weighted by Gasteiger charge is -2.35. The summed E-state index contributed by atoms with van der Waals surface area (Å²) in [5, 5.41) is 0. The lowest BCUT2D eigenvalue weighted by molar-refractivity contribution is 0.0746. The summed E-state index contributed by atoms with van der Waals surface area (Å²) in [5.41, 5.74) is 1.09. The van der Waals surface area contributed by atoms with E-state index < -0.39 is 11.4 Å². The summed E-state index contributed by atoms with van der Waals surface area (Å²) in [6.07, 6.45) is 0. The Hall–Kier alpha value is -2.90. The minimum Gasteiger partial charge on any atom is -0.378 e. The van der Waals surface area contributed by atoms with E-state index in [4.69, 9.17) is 0 Å². The number of rotatable bonds is 4. The highest BCUT2D eigenvalue weighted by molar-refractivity contribution is 5.94. The fraction of sp³-hybridized carbons (Fsp3) is 0.450. The molecule has 150 valence electrons. The molecule has 1 aliphatic heterocycles. The summed E-state index contributed by atoms with van der Waals surface area (Å²) in [5.74, 6) is -0.672. The molecule has 1 N–H and O–H groups in total. The molecule has 1 amide bonds. The number of piperazine rings is 1.